The molecule has 3 nitrogen and oxygen atoms in total. The average molecular weight is 301 g/mol. The van der Waals surface area contributed by atoms with Crippen molar-refractivity contribution in [3.8, 4) is 17.6 Å². The zero-order valence-electron chi connectivity index (χ0n) is 11.0. The first-order valence-electron chi connectivity index (χ1n) is 6.07. The molecule has 0 fully saturated rings. The number of hydrogen-bond acceptors (Lipinski definition) is 2. The van der Waals surface area contributed by atoms with E-state index < -0.39 is 29.5 Å². The van der Waals surface area contributed by atoms with Gasteiger partial charge in [-0.3, -0.25) is 4.79 Å². The van der Waals surface area contributed by atoms with Crippen LogP contribution in [0.4, 0.5) is 17.6 Å². The predicted molar refractivity (Wildman–Crippen MR) is 66.0 cm³/mol. The standard InChI is InChI=1S/C14H11F4NO2/c1-2-3-13(20)19-9-4-8-5-11(15)10(14(16,17)18)6-12(8)21-7-9/h5-6,9H,4,7H2,1H3,(H,19,20). The second-order valence-electron chi connectivity index (χ2n) is 4.50. The van der Waals surface area contributed by atoms with Crippen LogP contribution in [0.2, 0.25) is 0 Å². The van der Waals surface area contributed by atoms with Gasteiger partial charge in [-0.1, -0.05) is 5.92 Å². The Balaban J connectivity index is 2.20. The zero-order valence-corrected chi connectivity index (χ0v) is 11.0. The zero-order chi connectivity index (χ0) is 15.6. The number of fused-ring (bicyclic) bond motifs is 1. The van der Waals surface area contributed by atoms with Gasteiger partial charge in [0.15, 0.2) is 0 Å². The summed E-state index contributed by atoms with van der Waals surface area (Å²) in [6.45, 7) is 1.51. The Morgan fingerprint density at radius 2 is 2.14 bits per heavy atom. The first-order chi connectivity index (χ1) is 9.81. The summed E-state index contributed by atoms with van der Waals surface area (Å²) >= 11 is 0. The molecule has 0 saturated heterocycles. The number of halogens is 4. The van der Waals surface area contributed by atoms with Gasteiger partial charge in [-0.05, 0) is 37.0 Å². The van der Waals surface area contributed by atoms with Crippen molar-refractivity contribution in [3.05, 3.63) is 29.1 Å². The molecule has 2 rings (SSSR count). The van der Waals surface area contributed by atoms with E-state index in [-0.39, 0.29) is 24.3 Å². The molecule has 0 spiro atoms. The molecule has 1 heterocycles. The van der Waals surface area contributed by atoms with Crippen LogP contribution >= 0.6 is 0 Å². The minimum atomic E-state index is -4.77. The largest absolute Gasteiger partial charge is 0.491 e. The van der Waals surface area contributed by atoms with E-state index in [9.17, 15) is 22.4 Å². The Morgan fingerprint density at radius 1 is 1.43 bits per heavy atom. The smallest absolute Gasteiger partial charge is 0.419 e. The van der Waals surface area contributed by atoms with Gasteiger partial charge in [0, 0.05) is 0 Å². The van der Waals surface area contributed by atoms with E-state index in [0.29, 0.717) is 6.07 Å². The predicted octanol–water partition coefficient (Wildman–Crippen LogP) is 2.29. The second-order valence-corrected chi connectivity index (χ2v) is 4.50. The molecule has 0 aliphatic carbocycles. The number of benzene rings is 1. The number of alkyl halides is 3. The highest BCUT2D eigenvalue weighted by atomic mass is 19.4. The van der Waals surface area contributed by atoms with Crippen LogP contribution in [0.5, 0.6) is 5.75 Å². The highest BCUT2D eigenvalue weighted by molar-refractivity contribution is 5.93. The van der Waals surface area contributed by atoms with Crippen molar-refractivity contribution in [1.29, 1.82) is 0 Å². The van der Waals surface area contributed by atoms with Gasteiger partial charge in [0.25, 0.3) is 5.91 Å². The van der Waals surface area contributed by atoms with E-state index in [1.807, 2.05) is 0 Å². The summed E-state index contributed by atoms with van der Waals surface area (Å²) in [7, 11) is 0. The molecule has 0 radical (unpaired) electrons. The molecule has 112 valence electrons. The van der Waals surface area contributed by atoms with E-state index in [0.717, 1.165) is 6.07 Å². The number of nitrogens with one attached hydrogen (secondary N) is 1. The average Bonchev–Trinajstić information content (AvgIpc) is 2.36. The highest BCUT2D eigenvalue weighted by Crippen LogP contribution is 2.36. The van der Waals surface area contributed by atoms with E-state index >= 15 is 0 Å². The quantitative estimate of drug-likeness (QED) is 0.638. The van der Waals surface area contributed by atoms with Gasteiger partial charge in [-0.25, -0.2) is 4.39 Å². The summed E-state index contributed by atoms with van der Waals surface area (Å²) in [6, 6.07) is 0.985. The molecule has 1 aliphatic rings. The van der Waals surface area contributed by atoms with E-state index in [1.54, 1.807) is 0 Å². The van der Waals surface area contributed by atoms with Gasteiger partial charge in [-0.2, -0.15) is 13.2 Å². The van der Waals surface area contributed by atoms with Crippen molar-refractivity contribution in [1.82, 2.24) is 5.32 Å². The van der Waals surface area contributed by atoms with Gasteiger partial charge < -0.3 is 10.1 Å². The van der Waals surface area contributed by atoms with E-state index in [4.69, 9.17) is 4.74 Å². The van der Waals surface area contributed by atoms with E-state index in [1.165, 1.54) is 6.92 Å². The van der Waals surface area contributed by atoms with Crippen LogP contribution in [0, 0.1) is 17.7 Å². The lowest BCUT2D eigenvalue weighted by molar-refractivity contribution is -0.140. The molecule has 1 aromatic rings. The van der Waals surface area contributed by atoms with Gasteiger partial charge in [0.05, 0.1) is 11.6 Å². The van der Waals surface area contributed by atoms with Crippen LogP contribution in [-0.2, 0) is 17.4 Å². The monoisotopic (exact) mass is 301 g/mol. The van der Waals surface area contributed by atoms with Crippen molar-refractivity contribution in [3.63, 3.8) is 0 Å². The minimum absolute atomic E-state index is 0.00701. The first kappa shape index (κ1) is 15.2. The van der Waals surface area contributed by atoms with Crippen molar-refractivity contribution in [2.24, 2.45) is 0 Å². The minimum Gasteiger partial charge on any atom is -0.491 e. The maximum Gasteiger partial charge on any atom is 0.419 e. The molecule has 1 aromatic carbocycles. The van der Waals surface area contributed by atoms with Crippen molar-refractivity contribution in [2.45, 2.75) is 25.6 Å². The van der Waals surface area contributed by atoms with Crippen LogP contribution < -0.4 is 10.1 Å². The van der Waals surface area contributed by atoms with Gasteiger partial charge >= 0.3 is 6.18 Å². The lowest BCUT2D eigenvalue weighted by Crippen LogP contribution is -2.42. The summed E-state index contributed by atoms with van der Waals surface area (Å²) in [5.74, 6) is 2.81. The number of amides is 1. The molecule has 0 saturated carbocycles. The fourth-order valence-electron chi connectivity index (χ4n) is 2.05. The lowest BCUT2D eigenvalue weighted by atomic mass is 10.00. The highest BCUT2D eigenvalue weighted by Gasteiger charge is 2.36. The van der Waals surface area contributed by atoms with Crippen molar-refractivity contribution < 1.29 is 27.1 Å². The molecule has 21 heavy (non-hydrogen) atoms. The molecule has 0 bridgehead atoms. The Labute approximate surface area is 118 Å². The molecule has 1 unspecified atom stereocenters. The Kier molecular flexibility index (Phi) is 4.07. The number of carbonyl (C=O) groups is 1. The number of carbonyl (C=O) groups excluding carboxylic acids is 1. The van der Waals surface area contributed by atoms with Crippen LogP contribution in [0.25, 0.3) is 0 Å². The molecular formula is C14H11F4NO2. The number of rotatable bonds is 1. The van der Waals surface area contributed by atoms with E-state index in [2.05, 4.69) is 17.2 Å². The summed E-state index contributed by atoms with van der Waals surface area (Å²) in [5, 5.41) is 2.54. The Hall–Kier alpha value is -2.23. The Bertz CT molecular complexity index is 628. The first-order valence-corrected chi connectivity index (χ1v) is 6.07. The molecule has 0 aromatic heterocycles. The van der Waals surface area contributed by atoms with Crippen molar-refractivity contribution in [2.75, 3.05) is 6.61 Å². The van der Waals surface area contributed by atoms with Gasteiger partial charge in [-0.15, -0.1) is 0 Å². The van der Waals surface area contributed by atoms with Crippen molar-refractivity contribution >= 4 is 5.91 Å². The van der Waals surface area contributed by atoms with Gasteiger partial charge in [0.2, 0.25) is 0 Å². The second kappa shape index (κ2) is 5.64. The SMILES string of the molecule is CC#CC(=O)NC1COc2cc(C(F)(F)F)c(F)cc2C1. The summed E-state index contributed by atoms with van der Waals surface area (Å²) in [4.78, 5) is 11.3. The fourth-order valence-corrected chi connectivity index (χ4v) is 2.05. The summed E-state index contributed by atoms with van der Waals surface area (Å²) in [5.41, 5.74) is -1.08. The van der Waals surface area contributed by atoms with Crippen LogP contribution in [0.15, 0.2) is 12.1 Å². The van der Waals surface area contributed by atoms with Crippen LogP contribution in [-0.4, -0.2) is 18.6 Å². The number of hydrogen-bond donors (Lipinski definition) is 1. The third kappa shape index (κ3) is 3.45. The molecule has 1 amide bonds. The third-order valence-corrected chi connectivity index (χ3v) is 2.94. The summed E-state index contributed by atoms with van der Waals surface area (Å²) in [6.07, 6.45) is -4.59. The Morgan fingerprint density at radius 3 is 2.76 bits per heavy atom. The van der Waals surface area contributed by atoms with Gasteiger partial charge in [0.1, 0.15) is 18.2 Å². The normalized spacial score (nSPS) is 17.1. The fraction of sp³-hybridized carbons (Fsp3) is 0.357. The van der Waals surface area contributed by atoms with Crippen LogP contribution in [0.3, 0.4) is 0 Å². The lowest BCUT2D eigenvalue weighted by Gasteiger charge is -2.26. The maximum absolute atomic E-state index is 13.5. The molecular weight excluding hydrogens is 290 g/mol. The maximum atomic E-state index is 13.5. The topological polar surface area (TPSA) is 38.3 Å². The third-order valence-electron chi connectivity index (χ3n) is 2.94. The number of ether oxygens (including phenoxy) is 1. The molecule has 7 heteroatoms. The summed E-state index contributed by atoms with van der Waals surface area (Å²) < 4.78 is 56.4. The molecule has 1 N–H and O–H groups in total. The molecule has 1 aliphatic heterocycles. The molecule has 1 atom stereocenters. The van der Waals surface area contributed by atoms with Crippen LogP contribution in [0.1, 0.15) is 18.1 Å².